The van der Waals surface area contributed by atoms with Crippen molar-refractivity contribution in [3.63, 3.8) is 0 Å². The molecule has 0 unspecified atom stereocenters. The molecule has 23 heavy (non-hydrogen) atoms. The smallest absolute Gasteiger partial charge is 0.277 e. The molecule has 0 spiro atoms. The van der Waals surface area contributed by atoms with Crippen LogP contribution >= 0.6 is 39.1 Å². The van der Waals surface area contributed by atoms with Gasteiger partial charge in [-0.15, -0.1) is 0 Å². The number of hydrogen-bond acceptors (Lipinski definition) is 3. The highest BCUT2D eigenvalue weighted by Gasteiger charge is 2.06. The number of rotatable bonds is 5. The van der Waals surface area contributed by atoms with Crippen molar-refractivity contribution in [1.82, 2.24) is 5.43 Å². The molecule has 4 nitrogen and oxygen atoms in total. The maximum absolute atomic E-state index is 13.5. The summed E-state index contributed by atoms with van der Waals surface area (Å²) in [6, 6.07) is 9.04. The summed E-state index contributed by atoms with van der Waals surface area (Å²) in [4.78, 5) is 11.6. The standard InChI is InChI=1S/C15H10BrCl2FN2O2/c16-10-1-3-13(19)9(5-10)7-20-21-15(22)8-23-14-4-2-11(17)6-12(14)18/h1-7H,8H2,(H,21,22)/b20-7-. The highest BCUT2D eigenvalue weighted by Crippen LogP contribution is 2.27. The number of amides is 1. The molecular formula is C15H10BrCl2FN2O2. The van der Waals surface area contributed by atoms with Gasteiger partial charge in [0.15, 0.2) is 6.61 Å². The minimum atomic E-state index is -0.511. The Kier molecular flexibility index (Phi) is 6.38. The number of ether oxygens (including phenoxy) is 1. The lowest BCUT2D eigenvalue weighted by atomic mass is 10.2. The van der Waals surface area contributed by atoms with Crippen LogP contribution in [0.1, 0.15) is 5.56 Å². The molecule has 0 aliphatic carbocycles. The summed E-state index contributed by atoms with van der Waals surface area (Å²) >= 11 is 14.9. The van der Waals surface area contributed by atoms with Crippen LogP contribution in [0.25, 0.3) is 0 Å². The number of nitrogens with zero attached hydrogens (tertiary/aromatic N) is 1. The van der Waals surface area contributed by atoms with E-state index in [0.29, 0.717) is 20.3 Å². The molecule has 2 rings (SSSR count). The van der Waals surface area contributed by atoms with Gasteiger partial charge in [0.25, 0.3) is 5.91 Å². The van der Waals surface area contributed by atoms with Gasteiger partial charge in [0.1, 0.15) is 11.6 Å². The van der Waals surface area contributed by atoms with E-state index in [9.17, 15) is 9.18 Å². The summed E-state index contributed by atoms with van der Waals surface area (Å²) in [6.07, 6.45) is 1.20. The summed E-state index contributed by atoms with van der Waals surface area (Å²) in [6.45, 7) is -0.292. The second-order valence-electron chi connectivity index (χ2n) is 4.32. The van der Waals surface area contributed by atoms with Crippen LogP contribution in [0.3, 0.4) is 0 Å². The van der Waals surface area contributed by atoms with Crippen LogP contribution in [-0.2, 0) is 4.79 Å². The number of benzene rings is 2. The minimum absolute atomic E-state index is 0.237. The van der Waals surface area contributed by atoms with Crippen molar-refractivity contribution in [1.29, 1.82) is 0 Å². The lowest BCUT2D eigenvalue weighted by Crippen LogP contribution is -2.24. The van der Waals surface area contributed by atoms with Crippen molar-refractivity contribution >= 4 is 51.3 Å². The fraction of sp³-hybridized carbons (Fsp3) is 0.0667. The molecule has 0 saturated heterocycles. The number of halogens is 4. The van der Waals surface area contributed by atoms with Gasteiger partial charge in [-0.3, -0.25) is 4.79 Å². The number of hydrogen-bond donors (Lipinski definition) is 1. The molecule has 2 aromatic rings. The summed E-state index contributed by atoms with van der Waals surface area (Å²) in [5.41, 5.74) is 2.47. The van der Waals surface area contributed by atoms with Gasteiger partial charge in [-0.05, 0) is 36.4 Å². The predicted molar refractivity (Wildman–Crippen MR) is 91.8 cm³/mol. The van der Waals surface area contributed by atoms with Gasteiger partial charge in [-0.2, -0.15) is 5.10 Å². The lowest BCUT2D eigenvalue weighted by Gasteiger charge is -2.07. The van der Waals surface area contributed by atoms with Gasteiger partial charge in [-0.25, -0.2) is 9.82 Å². The number of nitrogens with one attached hydrogen (secondary N) is 1. The first-order valence-electron chi connectivity index (χ1n) is 6.30. The van der Waals surface area contributed by atoms with Gasteiger partial charge >= 0.3 is 0 Å². The largest absolute Gasteiger partial charge is 0.482 e. The van der Waals surface area contributed by atoms with Crippen molar-refractivity contribution in [2.45, 2.75) is 0 Å². The van der Waals surface area contributed by atoms with E-state index in [1.54, 1.807) is 18.2 Å². The van der Waals surface area contributed by atoms with E-state index in [1.165, 1.54) is 24.4 Å². The van der Waals surface area contributed by atoms with Crippen molar-refractivity contribution in [2.75, 3.05) is 6.61 Å². The first-order valence-corrected chi connectivity index (χ1v) is 7.85. The van der Waals surface area contributed by atoms with Crippen LogP contribution < -0.4 is 10.2 Å². The Labute approximate surface area is 150 Å². The molecule has 0 heterocycles. The molecule has 1 amide bonds. The molecule has 0 saturated carbocycles. The van der Waals surface area contributed by atoms with E-state index < -0.39 is 11.7 Å². The third-order valence-corrected chi connectivity index (χ3v) is 3.63. The van der Waals surface area contributed by atoms with Gasteiger partial charge in [0.2, 0.25) is 0 Å². The monoisotopic (exact) mass is 418 g/mol. The molecular weight excluding hydrogens is 410 g/mol. The van der Waals surface area contributed by atoms with Gasteiger partial charge in [0.05, 0.1) is 11.2 Å². The van der Waals surface area contributed by atoms with Crippen LogP contribution in [0.5, 0.6) is 5.75 Å². The summed E-state index contributed by atoms with van der Waals surface area (Å²) < 4.78 is 19.4. The Morgan fingerprint density at radius 2 is 2.09 bits per heavy atom. The average molecular weight is 420 g/mol. The normalized spacial score (nSPS) is 10.8. The highest BCUT2D eigenvalue weighted by molar-refractivity contribution is 9.10. The highest BCUT2D eigenvalue weighted by atomic mass is 79.9. The van der Waals surface area contributed by atoms with Crippen molar-refractivity contribution < 1.29 is 13.9 Å². The van der Waals surface area contributed by atoms with E-state index in [-0.39, 0.29) is 12.2 Å². The maximum Gasteiger partial charge on any atom is 0.277 e. The van der Waals surface area contributed by atoms with Gasteiger partial charge in [0, 0.05) is 15.1 Å². The fourth-order valence-electron chi connectivity index (χ4n) is 1.56. The van der Waals surface area contributed by atoms with Crippen LogP contribution in [0, 0.1) is 5.82 Å². The third-order valence-electron chi connectivity index (χ3n) is 2.60. The zero-order valence-corrected chi connectivity index (χ0v) is 14.6. The molecule has 8 heteroatoms. The number of carbonyl (C=O) groups is 1. The van der Waals surface area contributed by atoms with E-state index in [1.807, 2.05) is 0 Å². The van der Waals surface area contributed by atoms with E-state index >= 15 is 0 Å². The fourth-order valence-corrected chi connectivity index (χ4v) is 2.40. The summed E-state index contributed by atoms with van der Waals surface area (Å²) in [5.74, 6) is -0.633. The van der Waals surface area contributed by atoms with Crippen molar-refractivity contribution in [3.05, 3.63) is 62.3 Å². The van der Waals surface area contributed by atoms with Gasteiger partial charge < -0.3 is 4.74 Å². The van der Waals surface area contributed by atoms with Crippen LogP contribution in [0.4, 0.5) is 4.39 Å². The van der Waals surface area contributed by atoms with Crippen molar-refractivity contribution in [2.24, 2.45) is 5.10 Å². The second kappa shape index (κ2) is 8.29. The zero-order valence-electron chi connectivity index (χ0n) is 11.5. The first-order chi connectivity index (χ1) is 11.0. The number of hydrazone groups is 1. The summed E-state index contributed by atoms with van der Waals surface area (Å²) in [5, 5.41) is 4.43. The quantitative estimate of drug-likeness (QED) is 0.575. The van der Waals surface area contributed by atoms with Crippen molar-refractivity contribution in [3.8, 4) is 5.75 Å². The molecule has 0 atom stereocenters. The average Bonchev–Trinajstić information content (AvgIpc) is 2.50. The zero-order chi connectivity index (χ0) is 16.8. The van der Waals surface area contributed by atoms with Crippen LogP contribution in [0.15, 0.2) is 46.0 Å². The SMILES string of the molecule is O=C(COc1ccc(Cl)cc1Cl)N/N=C\c1cc(Br)ccc1F. The topological polar surface area (TPSA) is 50.7 Å². The molecule has 0 bridgehead atoms. The molecule has 0 aliphatic heterocycles. The van der Waals surface area contributed by atoms with E-state index in [0.717, 1.165) is 0 Å². The first kappa shape index (κ1) is 17.7. The molecule has 0 radical (unpaired) electrons. The molecule has 0 aromatic heterocycles. The Morgan fingerprint density at radius 3 is 2.83 bits per heavy atom. The molecule has 1 N–H and O–H groups in total. The van der Waals surface area contributed by atoms with Crippen LogP contribution in [0.2, 0.25) is 10.0 Å². The lowest BCUT2D eigenvalue weighted by molar-refractivity contribution is -0.123. The molecule has 0 fully saturated rings. The predicted octanol–water partition coefficient (Wildman–Crippen LogP) is 4.42. The Bertz CT molecular complexity index is 756. The molecule has 0 aliphatic rings. The third kappa shape index (κ3) is 5.49. The molecule has 2 aromatic carbocycles. The second-order valence-corrected chi connectivity index (χ2v) is 6.08. The number of carbonyl (C=O) groups excluding carboxylic acids is 1. The Balaban J connectivity index is 1.87. The minimum Gasteiger partial charge on any atom is -0.482 e. The van der Waals surface area contributed by atoms with E-state index in [4.69, 9.17) is 27.9 Å². The maximum atomic E-state index is 13.5. The summed E-state index contributed by atoms with van der Waals surface area (Å²) in [7, 11) is 0. The Morgan fingerprint density at radius 1 is 1.30 bits per heavy atom. The van der Waals surface area contributed by atoms with Gasteiger partial charge in [-0.1, -0.05) is 39.1 Å². The molecule has 120 valence electrons. The van der Waals surface area contributed by atoms with Crippen LogP contribution in [-0.4, -0.2) is 18.7 Å². The Hall–Kier alpha value is -1.63. The van der Waals surface area contributed by atoms with E-state index in [2.05, 4.69) is 26.5 Å².